The van der Waals surface area contributed by atoms with Gasteiger partial charge >= 0.3 is 0 Å². The Kier molecular flexibility index (Phi) is 5.32. The Balaban J connectivity index is 1.23. The Morgan fingerprint density at radius 3 is 2.70 bits per heavy atom. The van der Waals surface area contributed by atoms with Crippen molar-refractivity contribution in [3.05, 3.63) is 65.5 Å². The predicted molar refractivity (Wildman–Crippen MR) is 119 cm³/mol. The fourth-order valence-electron chi connectivity index (χ4n) is 4.54. The Labute approximate surface area is 176 Å². The third kappa shape index (κ3) is 3.87. The van der Waals surface area contributed by atoms with Crippen molar-refractivity contribution < 1.29 is 4.79 Å². The molecule has 1 amide bonds. The lowest BCUT2D eigenvalue weighted by Gasteiger charge is -2.28. The molecule has 1 aromatic heterocycles. The quantitative estimate of drug-likeness (QED) is 0.712. The lowest BCUT2D eigenvalue weighted by atomic mass is 10.00. The van der Waals surface area contributed by atoms with Crippen molar-refractivity contribution in [3.8, 4) is 0 Å². The second-order valence-electron chi connectivity index (χ2n) is 8.17. The molecule has 0 spiro atoms. The lowest BCUT2D eigenvalue weighted by molar-refractivity contribution is 0.0947. The van der Waals surface area contributed by atoms with E-state index in [2.05, 4.69) is 49.4 Å². The van der Waals surface area contributed by atoms with Crippen LogP contribution in [0.3, 0.4) is 0 Å². The summed E-state index contributed by atoms with van der Waals surface area (Å²) in [6, 6.07) is 14.4. The summed E-state index contributed by atoms with van der Waals surface area (Å²) in [5.41, 5.74) is 4.40. The van der Waals surface area contributed by atoms with E-state index in [-0.39, 0.29) is 5.91 Å². The van der Waals surface area contributed by atoms with Crippen molar-refractivity contribution in [2.75, 3.05) is 37.6 Å². The van der Waals surface area contributed by atoms with E-state index in [0.29, 0.717) is 12.1 Å². The van der Waals surface area contributed by atoms with E-state index >= 15 is 0 Å². The molecule has 0 saturated carbocycles. The molecule has 1 fully saturated rings. The largest absolute Gasteiger partial charge is 0.356 e. The molecule has 30 heavy (non-hydrogen) atoms. The normalized spacial score (nSPS) is 16.6. The van der Waals surface area contributed by atoms with Gasteiger partial charge in [0.1, 0.15) is 12.1 Å². The van der Waals surface area contributed by atoms with E-state index in [4.69, 9.17) is 0 Å². The second kappa shape index (κ2) is 8.40. The summed E-state index contributed by atoms with van der Waals surface area (Å²) in [6.45, 7) is 5.53. The molecule has 0 radical (unpaired) electrons. The molecule has 6 nitrogen and oxygen atoms in total. The number of hydrogen-bond acceptors (Lipinski definition) is 5. The van der Waals surface area contributed by atoms with Gasteiger partial charge in [-0.3, -0.25) is 9.69 Å². The summed E-state index contributed by atoms with van der Waals surface area (Å²) < 4.78 is 0. The lowest BCUT2D eigenvalue weighted by Crippen LogP contribution is -2.37. The number of nitrogens with one attached hydrogen (secondary N) is 1. The molecule has 2 aliphatic rings. The van der Waals surface area contributed by atoms with E-state index in [9.17, 15) is 4.79 Å². The maximum Gasteiger partial charge on any atom is 0.251 e. The Morgan fingerprint density at radius 2 is 1.83 bits per heavy atom. The van der Waals surface area contributed by atoms with Gasteiger partial charge in [0.2, 0.25) is 0 Å². The standard InChI is InChI=1S/C24H27N5O/c30-24(25-10-14-28-13-9-18-5-1-2-6-20(18)16-28)19-7-8-22-21(15-19)23(27-17-26-22)29-11-3-4-12-29/h1-2,5-8,15,17H,3-4,9-14,16H2,(H,25,30). The van der Waals surface area contributed by atoms with Gasteiger partial charge in [-0.2, -0.15) is 0 Å². The SMILES string of the molecule is O=C(NCCN1CCc2ccccc2C1)c1ccc2ncnc(N3CCCC3)c2c1. The maximum absolute atomic E-state index is 12.8. The molecule has 154 valence electrons. The molecule has 0 atom stereocenters. The van der Waals surface area contributed by atoms with E-state index < -0.39 is 0 Å². The number of nitrogens with zero attached hydrogens (tertiary/aromatic N) is 4. The van der Waals surface area contributed by atoms with Crippen LogP contribution < -0.4 is 10.2 Å². The molecule has 0 aliphatic carbocycles. The van der Waals surface area contributed by atoms with E-state index in [1.807, 2.05) is 18.2 Å². The molecular weight excluding hydrogens is 374 g/mol. The van der Waals surface area contributed by atoms with Gasteiger partial charge < -0.3 is 10.2 Å². The van der Waals surface area contributed by atoms with Crippen molar-refractivity contribution in [1.29, 1.82) is 0 Å². The van der Waals surface area contributed by atoms with Gasteiger partial charge in [-0.1, -0.05) is 24.3 Å². The molecule has 3 aromatic rings. The first kappa shape index (κ1) is 19.0. The molecule has 0 bridgehead atoms. The summed E-state index contributed by atoms with van der Waals surface area (Å²) in [7, 11) is 0. The molecule has 0 unspecified atom stereocenters. The molecule has 2 aliphatic heterocycles. The summed E-state index contributed by atoms with van der Waals surface area (Å²) in [5.74, 6) is 0.907. The van der Waals surface area contributed by atoms with Crippen molar-refractivity contribution >= 4 is 22.6 Å². The monoisotopic (exact) mass is 401 g/mol. The number of rotatable bonds is 5. The number of fused-ring (bicyclic) bond motifs is 2. The van der Waals surface area contributed by atoms with E-state index in [1.54, 1.807) is 6.33 Å². The summed E-state index contributed by atoms with van der Waals surface area (Å²) in [4.78, 5) is 26.4. The van der Waals surface area contributed by atoms with Crippen LogP contribution in [-0.2, 0) is 13.0 Å². The highest BCUT2D eigenvalue weighted by atomic mass is 16.1. The number of amides is 1. The minimum absolute atomic E-state index is 0.0365. The first-order valence-corrected chi connectivity index (χ1v) is 10.8. The van der Waals surface area contributed by atoms with Crippen LogP contribution in [0.25, 0.3) is 10.9 Å². The average molecular weight is 402 g/mol. The van der Waals surface area contributed by atoms with Crippen LogP contribution in [-0.4, -0.2) is 53.5 Å². The maximum atomic E-state index is 12.8. The van der Waals surface area contributed by atoms with Crippen LogP contribution in [0.4, 0.5) is 5.82 Å². The topological polar surface area (TPSA) is 61.4 Å². The highest BCUT2D eigenvalue weighted by Gasteiger charge is 2.18. The van der Waals surface area contributed by atoms with Gasteiger partial charge in [0.25, 0.3) is 5.91 Å². The highest BCUT2D eigenvalue weighted by molar-refractivity contribution is 6.00. The smallest absolute Gasteiger partial charge is 0.251 e. The Hall–Kier alpha value is -2.99. The molecular formula is C24H27N5O. The third-order valence-electron chi connectivity index (χ3n) is 6.21. The zero-order valence-electron chi connectivity index (χ0n) is 17.2. The van der Waals surface area contributed by atoms with E-state index in [1.165, 1.54) is 24.0 Å². The summed E-state index contributed by atoms with van der Waals surface area (Å²) >= 11 is 0. The first-order chi connectivity index (χ1) is 14.8. The predicted octanol–water partition coefficient (Wildman–Crippen LogP) is 3.02. The fraction of sp³-hybridized carbons (Fsp3) is 0.375. The molecule has 1 saturated heterocycles. The summed E-state index contributed by atoms with van der Waals surface area (Å²) in [6.07, 6.45) is 5.07. The van der Waals surface area contributed by atoms with E-state index in [0.717, 1.165) is 55.9 Å². The zero-order chi connectivity index (χ0) is 20.3. The Bertz CT molecular complexity index is 1060. The van der Waals surface area contributed by atoms with Crippen LogP contribution in [0, 0.1) is 0 Å². The second-order valence-corrected chi connectivity index (χ2v) is 8.17. The number of benzene rings is 2. The first-order valence-electron chi connectivity index (χ1n) is 10.8. The van der Waals surface area contributed by atoms with Gasteiger partial charge in [0, 0.05) is 50.2 Å². The van der Waals surface area contributed by atoms with Crippen LogP contribution in [0.2, 0.25) is 0 Å². The number of aromatic nitrogens is 2. The number of anilines is 1. The van der Waals surface area contributed by atoms with Crippen molar-refractivity contribution in [2.24, 2.45) is 0 Å². The van der Waals surface area contributed by atoms with Crippen LogP contribution in [0.15, 0.2) is 48.8 Å². The van der Waals surface area contributed by atoms with Crippen molar-refractivity contribution in [3.63, 3.8) is 0 Å². The molecule has 5 rings (SSSR count). The van der Waals surface area contributed by atoms with Gasteiger partial charge in [0.15, 0.2) is 0 Å². The van der Waals surface area contributed by atoms with Crippen molar-refractivity contribution in [1.82, 2.24) is 20.2 Å². The average Bonchev–Trinajstić information content (AvgIpc) is 3.33. The minimum Gasteiger partial charge on any atom is -0.356 e. The summed E-state index contributed by atoms with van der Waals surface area (Å²) in [5, 5.41) is 4.05. The fourth-order valence-corrected chi connectivity index (χ4v) is 4.54. The molecule has 1 N–H and O–H groups in total. The zero-order valence-corrected chi connectivity index (χ0v) is 17.2. The third-order valence-corrected chi connectivity index (χ3v) is 6.21. The molecule has 6 heteroatoms. The molecule has 2 aromatic carbocycles. The van der Waals surface area contributed by atoms with Gasteiger partial charge in [0.05, 0.1) is 5.52 Å². The number of carbonyl (C=O) groups is 1. The number of carbonyl (C=O) groups excluding carboxylic acids is 1. The van der Waals surface area contributed by atoms with Crippen LogP contribution in [0.1, 0.15) is 34.3 Å². The van der Waals surface area contributed by atoms with Crippen LogP contribution in [0.5, 0.6) is 0 Å². The number of hydrogen-bond donors (Lipinski definition) is 1. The Morgan fingerprint density at radius 1 is 1.00 bits per heavy atom. The van der Waals surface area contributed by atoms with Gasteiger partial charge in [-0.25, -0.2) is 9.97 Å². The van der Waals surface area contributed by atoms with Gasteiger partial charge in [-0.15, -0.1) is 0 Å². The highest BCUT2D eigenvalue weighted by Crippen LogP contribution is 2.26. The van der Waals surface area contributed by atoms with Crippen molar-refractivity contribution in [2.45, 2.75) is 25.8 Å². The van der Waals surface area contributed by atoms with Crippen LogP contribution >= 0.6 is 0 Å². The van der Waals surface area contributed by atoms with Gasteiger partial charge in [-0.05, 0) is 48.6 Å². The molecule has 3 heterocycles. The minimum atomic E-state index is -0.0365.